The van der Waals surface area contributed by atoms with E-state index in [0.717, 1.165) is 36.2 Å². The Bertz CT molecular complexity index is 1090. The highest BCUT2D eigenvalue weighted by molar-refractivity contribution is 5.90. The molecule has 5 rings (SSSR count). The number of nitrogen functional groups attached to an aromatic ring is 1. The predicted molar refractivity (Wildman–Crippen MR) is 101 cm³/mol. The van der Waals surface area contributed by atoms with Crippen LogP contribution >= 0.6 is 0 Å². The molecule has 1 fully saturated rings. The Morgan fingerprint density at radius 3 is 2.88 bits per heavy atom. The molecule has 1 unspecified atom stereocenters. The molecule has 1 saturated heterocycles. The van der Waals surface area contributed by atoms with E-state index in [1.54, 1.807) is 0 Å². The highest BCUT2D eigenvalue weighted by Gasteiger charge is 2.24. The molecule has 2 aromatic carbocycles. The smallest absolute Gasteiger partial charge is 0.166 e. The van der Waals surface area contributed by atoms with E-state index in [0.29, 0.717) is 12.2 Å². The summed E-state index contributed by atoms with van der Waals surface area (Å²) < 4.78 is 7.70. The van der Waals surface area contributed by atoms with Gasteiger partial charge >= 0.3 is 0 Å². The zero-order valence-corrected chi connectivity index (χ0v) is 14.3. The van der Waals surface area contributed by atoms with Crippen LogP contribution in [0.25, 0.3) is 21.8 Å². The molecule has 4 aromatic rings. The minimum Gasteiger partial charge on any atom is -0.383 e. The first kappa shape index (κ1) is 15.3. The lowest BCUT2D eigenvalue weighted by Crippen LogP contribution is -2.10. The minimum atomic E-state index is -0.0759. The van der Waals surface area contributed by atoms with Gasteiger partial charge in [0.25, 0.3) is 0 Å². The number of nitrogens with zero attached hydrogens (tertiary/aromatic N) is 4. The minimum absolute atomic E-state index is 0.0759. The van der Waals surface area contributed by atoms with Crippen molar-refractivity contribution in [2.45, 2.75) is 25.5 Å². The van der Waals surface area contributed by atoms with Gasteiger partial charge in [0.05, 0.1) is 11.1 Å². The van der Waals surface area contributed by atoms with Gasteiger partial charge in [0.1, 0.15) is 12.1 Å². The van der Waals surface area contributed by atoms with Crippen LogP contribution < -0.4 is 5.73 Å². The van der Waals surface area contributed by atoms with Crippen molar-refractivity contribution in [3.63, 3.8) is 0 Å². The maximum absolute atomic E-state index is 6.19. The van der Waals surface area contributed by atoms with Crippen LogP contribution in [0.15, 0.2) is 48.8 Å². The Balaban J connectivity index is 1.67. The lowest BCUT2D eigenvalue weighted by Gasteiger charge is -2.10. The molecule has 6 nitrogen and oxygen atoms in total. The largest absolute Gasteiger partial charge is 0.383 e. The summed E-state index contributed by atoms with van der Waals surface area (Å²) in [7, 11) is 0. The van der Waals surface area contributed by atoms with E-state index in [2.05, 4.69) is 52.4 Å². The number of anilines is 1. The summed E-state index contributed by atoms with van der Waals surface area (Å²) in [5.41, 5.74) is 9.05. The van der Waals surface area contributed by atoms with E-state index in [1.807, 2.05) is 4.68 Å². The highest BCUT2D eigenvalue weighted by atomic mass is 16.5. The van der Waals surface area contributed by atoms with Crippen LogP contribution in [0.4, 0.5) is 5.82 Å². The third kappa shape index (κ3) is 2.42. The summed E-state index contributed by atoms with van der Waals surface area (Å²) in [5, 5.41) is 8.12. The number of hydrogen-bond donors (Lipinski definition) is 1. The number of aromatic nitrogens is 4. The van der Waals surface area contributed by atoms with Crippen LogP contribution in [-0.2, 0) is 11.2 Å². The molecule has 1 atom stereocenters. The van der Waals surface area contributed by atoms with Gasteiger partial charge in [-0.1, -0.05) is 42.5 Å². The fourth-order valence-corrected chi connectivity index (χ4v) is 3.77. The van der Waals surface area contributed by atoms with E-state index in [-0.39, 0.29) is 6.23 Å². The average Bonchev–Trinajstić information content (AvgIpc) is 3.31. The van der Waals surface area contributed by atoms with Crippen LogP contribution in [0.3, 0.4) is 0 Å². The molecule has 0 aliphatic carbocycles. The molecule has 0 radical (unpaired) electrons. The van der Waals surface area contributed by atoms with Crippen molar-refractivity contribution < 1.29 is 4.74 Å². The number of ether oxygens (including phenoxy) is 1. The second-order valence-corrected chi connectivity index (χ2v) is 6.63. The summed E-state index contributed by atoms with van der Waals surface area (Å²) in [6.45, 7) is 0.755. The molecule has 130 valence electrons. The Labute approximate surface area is 150 Å². The van der Waals surface area contributed by atoms with Gasteiger partial charge in [-0.3, -0.25) is 0 Å². The van der Waals surface area contributed by atoms with Gasteiger partial charge in [-0.2, -0.15) is 5.10 Å². The van der Waals surface area contributed by atoms with E-state index >= 15 is 0 Å². The van der Waals surface area contributed by atoms with Gasteiger partial charge in [0.15, 0.2) is 11.9 Å². The Hall–Kier alpha value is -2.99. The molecule has 0 bridgehead atoms. The molecule has 0 saturated carbocycles. The first-order valence-electron chi connectivity index (χ1n) is 8.87. The summed E-state index contributed by atoms with van der Waals surface area (Å²) in [6.07, 6.45) is 4.06. The molecule has 2 aromatic heterocycles. The first-order valence-corrected chi connectivity index (χ1v) is 8.87. The van der Waals surface area contributed by atoms with Crippen molar-refractivity contribution in [1.29, 1.82) is 0 Å². The molecule has 1 aliphatic heterocycles. The first-order chi connectivity index (χ1) is 12.8. The third-order valence-electron chi connectivity index (χ3n) is 5.01. The number of rotatable bonds is 3. The van der Waals surface area contributed by atoms with E-state index < -0.39 is 0 Å². The van der Waals surface area contributed by atoms with Gasteiger partial charge < -0.3 is 10.5 Å². The molecule has 1 aliphatic rings. The summed E-state index contributed by atoms with van der Waals surface area (Å²) in [6, 6.07) is 14.7. The molecular weight excluding hydrogens is 326 g/mol. The van der Waals surface area contributed by atoms with Gasteiger partial charge in [0, 0.05) is 13.0 Å². The van der Waals surface area contributed by atoms with Crippen molar-refractivity contribution in [1.82, 2.24) is 19.7 Å². The molecule has 0 spiro atoms. The van der Waals surface area contributed by atoms with Gasteiger partial charge in [-0.25, -0.2) is 14.6 Å². The van der Waals surface area contributed by atoms with Crippen molar-refractivity contribution >= 4 is 27.6 Å². The average molecular weight is 345 g/mol. The van der Waals surface area contributed by atoms with Crippen LogP contribution in [0, 0.1) is 0 Å². The van der Waals surface area contributed by atoms with Crippen LogP contribution in [-0.4, -0.2) is 26.4 Å². The summed E-state index contributed by atoms with van der Waals surface area (Å²) in [5.74, 6) is 0.467. The molecular formula is C20H19N5O. The SMILES string of the molecule is Nc1ncnc2c1c(Cc1cccc3ccccc13)nn2C1CCCO1. The summed E-state index contributed by atoms with van der Waals surface area (Å²) >= 11 is 0. The second kappa shape index (κ2) is 6.07. The topological polar surface area (TPSA) is 78.9 Å². The second-order valence-electron chi connectivity index (χ2n) is 6.63. The molecule has 6 heteroatoms. The normalized spacial score (nSPS) is 17.3. The van der Waals surface area contributed by atoms with Gasteiger partial charge in [0.2, 0.25) is 0 Å². The van der Waals surface area contributed by atoms with Crippen LogP contribution in [0.2, 0.25) is 0 Å². The van der Waals surface area contributed by atoms with Crippen molar-refractivity contribution in [2.24, 2.45) is 0 Å². The summed E-state index contributed by atoms with van der Waals surface area (Å²) in [4.78, 5) is 8.62. The molecule has 2 N–H and O–H groups in total. The zero-order chi connectivity index (χ0) is 17.5. The van der Waals surface area contributed by atoms with Gasteiger partial charge in [-0.05, 0) is 29.2 Å². The van der Waals surface area contributed by atoms with E-state index in [9.17, 15) is 0 Å². The number of benzene rings is 2. The van der Waals surface area contributed by atoms with Crippen molar-refractivity contribution in [3.05, 3.63) is 60.0 Å². The predicted octanol–water partition coefficient (Wildman–Crippen LogP) is 3.46. The van der Waals surface area contributed by atoms with Crippen molar-refractivity contribution in [2.75, 3.05) is 12.3 Å². The van der Waals surface area contributed by atoms with E-state index in [1.165, 1.54) is 22.7 Å². The van der Waals surface area contributed by atoms with Gasteiger partial charge in [-0.15, -0.1) is 0 Å². The zero-order valence-electron chi connectivity index (χ0n) is 14.3. The highest BCUT2D eigenvalue weighted by Crippen LogP contribution is 2.31. The van der Waals surface area contributed by atoms with Crippen LogP contribution in [0.1, 0.15) is 30.3 Å². The molecule has 0 amide bonds. The Morgan fingerprint density at radius 1 is 1.12 bits per heavy atom. The van der Waals surface area contributed by atoms with Crippen molar-refractivity contribution in [3.8, 4) is 0 Å². The Morgan fingerprint density at radius 2 is 2.00 bits per heavy atom. The Kier molecular flexibility index (Phi) is 3.57. The van der Waals surface area contributed by atoms with E-state index in [4.69, 9.17) is 15.6 Å². The maximum atomic E-state index is 6.19. The quantitative estimate of drug-likeness (QED) is 0.615. The number of hydrogen-bond acceptors (Lipinski definition) is 5. The lowest BCUT2D eigenvalue weighted by atomic mass is 10.0. The third-order valence-corrected chi connectivity index (χ3v) is 5.01. The fraction of sp³-hybridized carbons (Fsp3) is 0.250. The molecule has 3 heterocycles. The standard InChI is InChI=1S/C20H19N5O/c21-19-18-16(11-14-7-3-6-13-5-1-2-8-15(13)14)24-25(17-9-4-10-26-17)20(18)23-12-22-19/h1-3,5-8,12,17H,4,9-11H2,(H2,21,22,23). The maximum Gasteiger partial charge on any atom is 0.166 e. The molecule has 26 heavy (non-hydrogen) atoms. The lowest BCUT2D eigenvalue weighted by molar-refractivity contribution is 0.0496. The number of nitrogens with two attached hydrogens (primary N) is 1. The fourth-order valence-electron chi connectivity index (χ4n) is 3.77. The number of fused-ring (bicyclic) bond motifs is 2. The van der Waals surface area contributed by atoms with Crippen LogP contribution in [0.5, 0.6) is 0 Å². The monoisotopic (exact) mass is 345 g/mol.